The summed E-state index contributed by atoms with van der Waals surface area (Å²) in [4.78, 5) is 10.9. The maximum absolute atomic E-state index is 11.2. The number of nitrogens with one attached hydrogen (secondary N) is 1. The van der Waals surface area contributed by atoms with Crippen LogP contribution in [0.4, 0.5) is 0 Å². The van der Waals surface area contributed by atoms with Crippen LogP contribution in [0.3, 0.4) is 0 Å². The van der Waals surface area contributed by atoms with E-state index in [-0.39, 0.29) is 52.7 Å². The van der Waals surface area contributed by atoms with Crippen molar-refractivity contribution in [1.82, 2.24) is 5.32 Å². The molecule has 0 aromatic rings. The first-order chi connectivity index (χ1) is 5.04. The van der Waals surface area contributed by atoms with E-state index in [4.69, 9.17) is 0 Å². The van der Waals surface area contributed by atoms with Crippen LogP contribution in [0.15, 0.2) is 23.6 Å². The minimum atomic E-state index is -0.290. The Morgan fingerprint density at radius 3 is 2.33 bits per heavy atom. The molecule has 1 rings (SSSR count). The summed E-state index contributed by atoms with van der Waals surface area (Å²) in [7, 11) is 0. The van der Waals surface area contributed by atoms with Gasteiger partial charge >= 0.3 is 29.6 Å². The number of hydrogen-bond donors (Lipinski definition) is 1. The molecule has 1 heterocycles. The van der Waals surface area contributed by atoms with Gasteiger partial charge in [-0.15, -0.1) is 0 Å². The molecule has 0 aliphatic carbocycles. The maximum Gasteiger partial charge on any atom is 1.00 e. The van der Waals surface area contributed by atoms with Crippen molar-refractivity contribution in [3.63, 3.8) is 0 Å². The van der Waals surface area contributed by atoms with Crippen molar-refractivity contribution in [2.75, 3.05) is 0 Å². The molecule has 1 unspecified atom stereocenters. The van der Waals surface area contributed by atoms with E-state index in [9.17, 15) is 9.90 Å². The van der Waals surface area contributed by atoms with Crippen molar-refractivity contribution in [2.45, 2.75) is 19.9 Å². The van der Waals surface area contributed by atoms with E-state index < -0.39 is 0 Å². The summed E-state index contributed by atoms with van der Waals surface area (Å²) in [5, 5.41) is 14.0. The van der Waals surface area contributed by atoms with E-state index in [0.29, 0.717) is 5.70 Å². The molecule has 0 saturated heterocycles. The molecule has 12 heavy (non-hydrogen) atoms. The van der Waals surface area contributed by atoms with Crippen molar-refractivity contribution in [3.05, 3.63) is 23.6 Å². The standard InChI is InChI=1S/C8H11NO2.Na/c1-4-7(6(3)10)8(11)5(2)9-4;/h5,9,11H,1H2,2-3H3;/q;+1/p-1. The SMILES string of the molecule is C=C1NC(C)C([O-])=C1C(C)=O.[Na+]. The Balaban J connectivity index is 0.00000121. The number of Topliss-reactive ketones (excluding diaryl/α,β-unsaturated/α-hetero) is 1. The van der Waals surface area contributed by atoms with Crippen LogP contribution in [0, 0.1) is 0 Å². The fraction of sp³-hybridized carbons (Fsp3) is 0.375. The van der Waals surface area contributed by atoms with E-state index >= 15 is 0 Å². The first kappa shape index (κ1) is 11.8. The largest absolute Gasteiger partial charge is 1.00 e. The molecule has 0 amide bonds. The predicted molar refractivity (Wildman–Crippen MR) is 39.4 cm³/mol. The van der Waals surface area contributed by atoms with E-state index in [1.165, 1.54) is 6.92 Å². The summed E-state index contributed by atoms with van der Waals surface area (Å²) >= 11 is 0. The summed E-state index contributed by atoms with van der Waals surface area (Å²) in [6.45, 7) is 6.65. The zero-order chi connectivity index (χ0) is 8.59. The molecule has 1 atom stereocenters. The summed E-state index contributed by atoms with van der Waals surface area (Å²) in [5.74, 6) is -0.362. The average Bonchev–Trinajstić information content (AvgIpc) is 2.07. The molecule has 1 aliphatic heterocycles. The second kappa shape index (κ2) is 4.12. The predicted octanol–water partition coefficient (Wildman–Crippen LogP) is -3.30. The molecular formula is C8H10NNaO2. The van der Waals surface area contributed by atoms with Crippen LogP contribution >= 0.6 is 0 Å². The number of ketones is 1. The molecule has 0 spiro atoms. The van der Waals surface area contributed by atoms with Crippen LogP contribution in [0.25, 0.3) is 0 Å². The molecule has 60 valence electrons. The second-order valence-electron chi connectivity index (χ2n) is 2.64. The molecule has 1 N–H and O–H groups in total. The van der Waals surface area contributed by atoms with E-state index in [0.717, 1.165) is 0 Å². The summed E-state index contributed by atoms with van der Waals surface area (Å²) < 4.78 is 0. The van der Waals surface area contributed by atoms with Gasteiger partial charge in [-0.3, -0.25) is 4.79 Å². The first-order valence-electron chi connectivity index (χ1n) is 3.42. The molecule has 4 heteroatoms. The number of carbonyl (C=O) groups is 1. The maximum atomic E-state index is 11.2. The minimum absolute atomic E-state index is 0. The number of allylic oxidation sites excluding steroid dienone is 1. The Morgan fingerprint density at radius 1 is 1.67 bits per heavy atom. The van der Waals surface area contributed by atoms with Crippen molar-refractivity contribution < 1.29 is 39.5 Å². The zero-order valence-electron chi connectivity index (χ0n) is 7.60. The van der Waals surface area contributed by atoms with Gasteiger partial charge in [-0.05, 0) is 13.8 Å². The molecule has 0 aromatic carbocycles. The van der Waals surface area contributed by atoms with Gasteiger partial charge in [0, 0.05) is 17.3 Å². The van der Waals surface area contributed by atoms with Crippen LogP contribution in [0.5, 0.6) is 0 Å². The Labute approximate surface area is 93.8 Å². The number of rotatable bonds is 1. The number of hydrogen-bond acceptors (Lipinski definition) is 3. The monoisotopic (exact) mass is 175 g/mol. The van der Waals surface area contributed by atoms with Crippen LogP contribution in [-0.2, 0) is 4.79 Å². The molecule has 0 bridgehead atoms. The van der Waals surface area contributed by atoms with Crippen LogP contribution < -0.4 is 40.0 Å². The fourth-order valence-electron chi connectivity index (χ4n) is 1.15. The molecule has 0 radical (unpaired) electrons. The van der Waals surface area contributed by atoms with Crippen molar-refractivity contribution in [3.8, 4) is 0 Å². The van der Waals surface area contributed by atoms with E-state index in [2.05, 4.69) is 11.9 Å². The van der Waals surface area contributed by atoms with Crippen molar-refractivity contribution in [2.24, 2.45) is 0 Å². The Hall–Kier alpha value is -0.250. The van der Waals surface area contributed by atoms with Gasteiger partial charge in [0.2, 0.25) is 0 Å². The third-order valence-electron chi connectivity index (χ3n) is 1.68. The first-order valence-corrected chi connectivity index (χ1v) is 3.42. The molecule has 0 aromatic heterocycles. The van der Waals surface area contributed by atoms with Crippen molar-refractivity contribution in [1.29, 1.82) is 0 Å². The van der Waals surface area contributed by atoms with E-state index in [1.807, 2.05) is 0 Å². The summed E-state index contributed by atoms with van der Waals surface area (Å²) in [5.41, 5.74) is 0.674. The molecular weight excluding hydrogens is 165 g/mol. The van der Waals surface area contributed by atoms with Gasteiger partial charge in [-0.1, -0.05) is 12.3 Å². The van der Waals surface area contributed by atoms with Gasteiger partial charge in [0.25, 0.3) is 0 Å². The van der Waals surface area contributed by atoms with Gasteiger partial charge in [-0.2, -0.15) is 0 Å². The van der Waals surface area contributed by atoms with Crippen LogP contribution in [0.1, 0.15) is 13.8 Å². The third-order valence-corrected chi connectivity index (χ3v) is 1.68. The Morgan fingerprint density at radius 2 is 2.17 bits per heavy atom. The third kappa shape index (κ3) is 1.91. The molecule has 0 saturated carbocycles. The van der Waals surface area contributed by atoms with Gasteiger partial charge in [0.05, 0.1) is 0 Å². The topological polar surface area (TPSA) is 52.2 Å². The van der Waals surface area contributed by atoms with Gasteiger partial charge in [0.15, 0.2) is 5.78 Å². The van der Waals surface area contributed by atoms with Gasteiger partial charge in [0.1, 0.15) is 0 Å². The van der Waals surface area contributed by atoms with E-state index in [1.54, 1.807) is 6.92 Å². The Bertz CT molecular complexity index is 258. The summed E-state index contributed by atoms with van der Waals surface area (Å²) in [6, 6.07) is -0.290. The molecule has 1 aliphatic rings. The second-order valence-corrected chi connectivity index (χ2v) is 2.64. The normalized spacial score (nSPS) is 21.8. The van der Waals surface area contributed by atoms with Crippen molar-refractivity contribution >= 4 is 5.78 Å². The Kier molecular flexibility index (Phi) is 4.03. The molecule has 3 nitrogen and oxygen atoms in total. The number of carbonyl (C=O) groups excluding carboxylic acids is 1. The minimum Gasteiger partial charge on any atom is -0.874 e. The van der Waals surface area contributed by atoms with Crippen LogP contribution in [-0.4, -0.2) is 11.8 Å². The fourth-order valence-corrected chi connectivity index (χ4v) is 1.15. The zero-order valence-corrected chi connectivity index (χ0v) is 9.60. The quantitative estimate of drug-likeness (QED) is 0.425. The van der Waals surface area contributed by atoms with Gasteiger partial charge in [-0.25, -0.2) is 0 Å². The van der Waals surface area contributed by atoms with Crippen LogP contribution in [0.2, 0.25) is 0 Å². The average molecular weight is 175 g/mol. The summed E-state index contributed by atoms with van der Waals surface area (Å²) in [6.07, 6.45) is 0. The molecule has 0 fully saturated rings. The van der Waals surface area contributed by atoms with Gasteiger partial charge < -0.3 is 10.4 Å². The smallest absolute Gasteiger partial charge is 0.874 e.